The number of aryl methyl sites for hydroxylation is 2. The van der Waals surface area contributed by atoms with Crippen LogP contribution in [-0.4, -0.2) is 22.8 Å². The lowest BCUT2D eigenvalue weighted by Gasteiger charge is -2.12. The van der Waals surface area contributed by atoms with Crippen LogP contribution in [0.1, 0.15) is 40.9 Å². The zero-order chi connectivity index (χ0) is 22.2. The van der Waals surface area contributed by atoms with Gasteiger partial charge in [-0.3, -0.25) is 9.48 Å². The Morgan fingerprint density at radius 1 is 1.19 bits per heavy atom. The van der Waals surface area contributed by atoms with E-state index < -0.39 is 0 Å². The molecule has 0 saturated heterocycles. The van der Waals surface area contributed by atoms with Crippen molar-refractivity contribution in [1.82, 2.24) is 9.78 Å². The van der Waals surface area contributed by atoms with E-state index in [1.165, 1.54) is 5.56 Å². The molecule has 6 nitrogen and oxygen atoms in total. The van der Waals surface area contributed by atoms with Gasteiger partial charge in [-0.25, -0.2) is 0 Å². The Bertz CT molecular complexity index is 1080. The van der Waals surface area contributed by atoms with Gasteiger partial charge < -0.3 is 10.1 Å². The Morgan fingerprint density at radius 3 is 2.68 bits per heavy atom. The summed E-state index contributed by atoms with van der Waals surface area (Å²) in [7, 11) is 1.66. The van der Waals surface area contributed by atoms with Crippen molar-refractivity contribution >= 4 is 11.6 Å². The van der Waals surface area contributed by atoms with E-state index >= 15 is 0 Å². The van der Waals surface area contributed by atoms with Crippen LogP contribution in [0.4, 0.5) is 5.69 Å². The largest absolute Gasteiger partial charge is 0.496 e. The molecule has 0 radical (unpaired) electrons. The number of carbonyl (C=O) groups excluding carboxylic acids is 1. The molecule has 6 heteroatoms. The van der Waals surface area contributed by atoms with Crippen molar-refractivity contribution in [3.8, 4) is 11.8 Å². The minimum absolute atomic E-state index is 0.0422. The van der Waals surface area contributed by atoms with Gasteiger partial charge in [0.1, 0.15) is 5.75 Å². The van der Waals surface area contributed by atoms with E-state index in [-0.39, 0.29) is 5.91 Å². The Balaban J connectivity index is 1.65. The molecule has 1 N–H and O–H groups in total. The van der Waals surface area contributed by atoms with Crippen LogP contribution < -0.4 is 10.1 Å². The molecule has 3 aromatic rings. The van der Waals surface area contributed by atoms with Crippen LogP contribution in [0, 0.1) is 25.2 Å². The summed E-state index contributed by atoms with van der Waals surface area (Å²) in [4.78, 5) is 12.6. The number of carbonyl (C=O) groups is 1. The van der Waals surface area contributed by atoms with Crippen LogP contribution in [-0.2, 0) is 24.2 Å². The van der Waals surface area contributed by atoms with Gasteiger partial charge in [-0.2, -0.15) is 10.4 Å². The third-order valence-corrected chi connectivity index (χ3v) is 5.37. The molecule has 2 aromatic carbocycles. The molecule has 0 aliphatic heterocycles. The number of aromatic nitrogens is 2. The summed E-state index contributed by atoms with van der Waals surface area (Å²) in [5.41, 5.74) is 5.98. The fourth-order valence-electron chi connectivity index (χ4n) is 3.74. The maximum atomic E-state index is 12.6. The first-order valence-electron chi connectivity index (χ1n) is 10.4. The smallest absolute Gasteiger partial charge is 0.224 e. The van der Waals surface area contributed by atoms with Crippen LogP contribution in [0.5, 0.6) is 5.75 Å². The van der Waals surface area contributed by atoms with Crippen LogP contribution in [0.3, 0.4) is 0 Å². The minimum Gasteiger partial charge on any atom is -0.496 e. The number of benzene rings is 2. The van der Waals surface area contributed by atoms with Crippen LogP contribution in [0.25, 0.3) is 0 Å². The van der Waals surface area contributed by atoms with Gasteiger partial charge in [0.2, 0.25) is 5.91 Å². The van der Waals surface area contributed by atoms with Gasteiger partial charge in [0.25, 0.3) is 0 Å². The van der Waals surface area contributed by atoms with Gasteiger partial charge in [0, 0.05) is 29.8 Å². The first-order chi connectivity index (χ1) is 15.0. The van der Waals surface area contributed by atoms with E-state index in [9.17, 15) is 4.79 Å². The molecule has 160 valence electrons. The summed E-state index contributed by atoms with van der Waals surface area (Å²) in [6.07, 6.45) is 2.13. The maximum absolute atomic E-state index is 12.6. The summed E-state index contributed by atoms with van der Waals surface area (Å²) in [5.74, 6) is 0.761. The summed E-state index contributed by atoms with van der Waals surface area (Å²) in [5, 5.41) is 16.3. The molecule has 1 amide bonds. The van der Waals surface area contributed by atoms with Crippen LogP contribution >= 0.6 is 0 Å². The van der Waals surface area contributed by atoms with E-state index in [4.69, 9.17) is 10.00 Å². The molecule has 0 bridgehead atoms. The molecule has 0 fully saturated rings. The highest BCUT2D eigenvalue weighted by Gasteiger charge is 2.14. The number of hydrogen-bond donors (Lipinski definition) is 1. The van der Waals surface area contributed by atoms with E-state index in [0.717, 1.165) is 40.4 Å². The highest BCUT2D eigenvalue weighted by molar-refractivity contribution is 5.91. The molecule has 0 spiro atoms. The van der Waals surface area contributed by atoms with E-state index in [1.807, 2.05) is 54.9 Å². The maximum Gasteiger partial charge on any atom is 0.224 e. The number of nitrogens with zero attached hydrogens (tertiary/aromatic N) is 3. The number of hydrogen-bond acceptors (Lipinski definition) is 4. The quantitative estimate of drug-likeness (QED) is 0.553. The third kappa shape index (κ3) is 5.73. The molecule has 0 saturated carbocycles. The normalized spacial score (nSPS) is 10.5. The molecule has 1 aromatic heterocycles. The summed E-state index contributed by atoms with van der Waals surface area (Å²) in [6.45, 7) is 4.51. The Morgan fingerprint density at radius 2 is 1.97 bits per heavy atom. The molecule has 3 rings (SSSR count). The van der Waals surface area contributed by atoms with Crippen molar-refractivity contribution in [3.05, 3.63) is 76.6 Å². The summed E-state index contributed by atoms with van der Waals surface area (Å²) in [6, 6.07) is 18.0. The van der Waals surface area contributed by atoms with Crippen molar-refractivity contribution in [1.29, 1.82) is 5.26 Å². The van der Waals surface area contributed by atoms with Gasteiger partial charge in [-0.15, -0.1) is 0 Å². The second-order valence-corrected chi connectivity index (χ2v) is 7.52. The fraction of sp³-hybridized carbons (Fsp3) is 0.320. The average molecular weight is 417 g/mol. The molecule has 1 heterocycles. The standard InChI is InChI=1S/C25H28N4O2/c1-18-23(19(2)29(28-18)15-7-14-26)11-13-25(30)27-22-10-12-24(31-3)21(17-22)16-20-8-5-4-6-9-20/h4-6,8-10,12,17H,7,11,13,15-16H2,1-3H3,(H,27,30). The van der Waals surface area contributed by atoms with Crippen LogP contribution in [0.15, 0.2) is 48.5 Å². The van der Waals surface area contributed by atoms with Gasteiger partial charge in [0.15, 0.2) is 0 Å². The van der Waals surface area contributed by atoms with Crippen molar-refractivity contribution < 1.29 is 9.53 Å². The fourth-order valence-corrected chi connectivity index (χ4v) is 3.74. The first kappa shape index (κ1) is 22.1. The van der Waals surface area contributed by atoms with Crippen molar-refractivity contribution in [2.45, 2.75) is 46.1 Å². The molecular weight excluding hydrogens is 388 g/mol. The Labute approximate surface area is 183 Å². The predicted molar refractivity (Wildman–Crippen MR) is 121 cm³/mol. The monoisotopic (exact) mass is 416 g/mol. The predicted octanol–water partition coefficient (Wildman–Crippen LogP) is 4.58. The third-order valence-electron chi connectivity index (χ3n) is 5.37. The van der Waals surface area contributed by atoms with Crippen molar-refractivity contribution in [3.63, 3.8) is 0 Å². The van der Waals surface area contributed by atoms with Crippen molar-refractivity contribution in [2.75, 3.05) is 12.4 Å². The molecule has 0 atom stereocenters. The van der Waals surface area contributed by atoms with E-state index in [1.54, 1.807) is 7.11 Å². The molecule has 0 unspecified atom stereocenters. The number of anilines is 1. The zero-order valence-electron chi connectivity index (χ0n) is 18.3. The molecule has 0 aliphatic carbocycles. The first-order valence-corrected chi connectivity index (χ1v) is 10.4. The van der Waals surface area contributed by atoms with Gasteiger partial charge in [0.05, 0.1) is 31.8 Å². The Hall–Kier alpha value is -3.59. The molecular formula is C25H28N4O2. The number of nitrogens with one attached hydrogen (secondary N) is 1. The lowest BCUT2D eigenvalue weighted by atomic mass is 10.0. The van der Waals surface area contributed by atoms with E-state index in [2.05, 4.69) is 28.6 Å². The zero-order valence-corrected chi connectivity index (χ0v) is 18.3. The average Bonchev–Trinajstić information content (AvgIpc) is 3.04. The number of rotatable bonds is 9. The number of methoxy groups -OCH3 is 1. The Kier molecular flexibility index (Phi) is 7.45. The minimum atomic E-state index is -0.0422. The number of ether oxygens (including phenoxy) is 1. The summed E-state index contributed by atoms with van der Waals surface area (Å²) < 4.78 is 7.35. The number of nitriles is 1. The lowest BCUT2D eigenvalue weighted by molar-refractivity contribution is -0.116. The highest BCUT2D eigenvalue weighted by atomic mass is 16.5. The van der Waals surface area contributed by atoms with Gasteiger partial charge in [-0.05, 0) is 49.6 Å². The SMILES string of the molecule is COc1ccc(NC(=O)CCc2c(C)nn(CCC#N)c2C)cc1Cc1ccccc1. The highest BCUT2D eigenvalue weighted by Crippen LogP contribution is 2.25. The van der Waals surface area contributed by atoms with Gasteiger partial charge >= 0.3 is 0 Å². The lowest BCUT2D eigenvalue weighted by Crippen LogP contribution is -2.13. The summed E-state index contributed by atoms with van der Waals surface area (Å²) >= 11 is 0. The van der Waals surface area contributed by atoms with Gasteiger partial charge in [-0.1, -0.05) is 30.3 Å². The molecule has 0 aliphatic rings. The van der Waals surface area contributed by atoms with E-state index in [0.29, 0.717) is 25.8 Å². The number of amides is 1. The second-order valence-electron chi connectivity index (χ2n) is 7.52. The van der Waals surface area contributed by atoms with Crippen molar-refractivity contribution in [2.24, 2.45) is 0 Å². The van der Waals surface area contributed by atoms with Crippen LogP contribution in [0.2, 0.25) is 0 Å². The molecule has 31 heavy (non-hydrogen) atoms. The topological polar surface area (TPSA) is 79.9 Å². The second kappa shape index (κ2) is 10.4.